The monoisotopic (exact) mass is 424 g/mol. The van der Waals surface area contributed by atoms with Gasteiger partial charge in [-0.05, 0) is 49.9 Å². The zero-order valence-corrected chi connectivity index (χ0v) is 17.8. The molecule has 0 saturated heterocycles. The highest BCUT2D eigenvalue weighted by atomic mass is 32.2. The van der Waals surface area contributed by atoms with Crippen LogP contribution in [-0.4, -0.2) is 34.5 Å². The first-order valence-corrected chi connectivity index (χ1v) is 10.7. The van der Waals surface area contributed by atoms with Crippen LogP contribution in [0.3, 0.4) is 0 Å². The van der Waals surface area contributed by atoms with Gasteiger partial charge in [-0.25, -0.2) is 4.98 Å². The van der Waals surface area contributed by atoms with Crippen LogP contribution in [0, 0.1) is 12.8 Å². The average Bonchev–Trinajstić information content (AvgIpc) is 3.60. The summed E-state index contributed by atoms with van der Waals surface area (Å²) in [5, 5.41) is 10.4. The van der Waals surface area contributed by atoms with E-state index in [1.165, 1.54) is 16.3 Å². The molecule has 4 rings (SSSR count). The van der Waals surface area contributed by atoms with Crippen molar-refractivity contribution in [3.8, 4) is 17.2 Å². The number of aryl methyl sites for hydroxylation is 1. The lowest BCUT2D eigenvalue weighted by Crippen LogP contribution is -2.21. The summed E-state index contributed by atoms with van der Waals surface area (Å²) in [7, 11) is 1.55. The smallest absolute Gasteiger partial charge is 0.287 e. The Morgan fingerprint density at radius 2 is 1.97 bits per heavy atom. The van der Waals surface area contributed by atoms with E-state index >= 15 is 0 Å². The van der Waals surface area contributed by atoms with E-state index in [0.717, 1.165) is 23.3 Å². The zero-order chi connectivity index (χ0) is 21.1. The van der Waals surface area contributed by atoms with Crippen LogP contribution in [0.15, 0.2) is 69.6 Å². The maximum atomic E-state index is 13.0. The van der Waals surface area contributed by atoms with Crippen LogP contribution in [0.5, 0.6) is 11.5 Å². The molecule has 0 aliphatic heterocycles. The standard InChI is InChI=1S/C23H24N2O4S/c1-15-3-8-18(9-4-15)30-22-23(27)25(12-11-24-22)17-7-10-20(21(13-17)28-2)29-14-19(26)16-5-6-16/h3-4,7-13,16,19,26H,5-6,14H2,1-2H3. The average molecular weight is 425 g/mol. The van der Waals surface area contributed by atoms with Crippen molar-refractivity contribution in [3.05, 3.63) is 70.8 Å². The van der Waals surface area contributed by atoms with Crippen LogP contribution in [0.25, 0.3) is 5.69 Å². The number of methoxy groups -OCH3 is 1. The lowest BCUT2D eigenvalue weighted by Gasteiger charge is -2.15. The van der Waals surface area contributed by atoms with Crippen molar-refractivity contribution in [2.75, 3.05) is 13.7 Å². The van der Waals surface area contributed by atoms with E-state index in [1.54, 1.807) is 37.7 Å². The molecular formula is C23H24N2O4S. The molecule has 1 saturated carbocycles. The van der Waals surface area contributed by atoms with Crippen molar-refractivity contribution in [1.29, 1.82) is 0 Å². The van der Waals surface area contributed by atoms with Crippen LogP contribution >= 0.6 is 11.8 Å². The lowest BCUT2D eigenvalue weighted by molar-refractivity contribution is 0.0880. The van der Waals surface area contributed by atoms with Gasteiger partial charge in [-0.1, -0.05) is 29.5 Å². The van der Waals surface area contributed by atoms with Crippen LogP contribution in [0.1, 0.15) is 18.4 Å². The van der Waals surface area contributed by atoms with E-state index in [2.05, 4.69) is 4.98 Å². The van der Waals surface area contributed by atoms with Crippen LogP contribution in [0.2, 0.25) is 0 Å². The molecule has 1 unspecified atom stereocenters. The number of aliphatic hydroxyl groups excluding tert-OH is 1. The molecule has 2 aromatic carbocycles. The highest BCUT2D eigenvalue weighted by molar-refractivity contribution is 7.99. The van der Waals surface area contributed by atoms with Crippen LogP contribution in [-0.2, 0) is 0 Å². The molecule has 0 bridgehead atoms. The highest BCUT2D eigenvalue weighted by Crippen LogP contribution is 2.34. The van der Waals surface area contributed by atoms with Crippen molar-refractivity contribution in [3.63, 3.8) is 0 Å². The summed E-state index contributed by atoms with van der Waals surface area (Å²) in [6.45, 7) is 2.25. The number of hydrogen-bond donors (Lipinski definition) is 1. The number of hydrogen-bond acceptors (Lipinski definition) is 6. The van der Waals surface area contributed by atoms with Gasteiger partial charge >= 0.3 is 0 Å². The number of aliphatic hydroxyl groups is 1. The maximum Gasteiger partial charge on any atom is 0.287 e. The van der Waals surface area contributed by atoms with Gasteiger partial charge in [0.05, 0.1) is 18.9 Å². The van der Waals surface area contributed by atoms with Crippen molar-refractivity contribution >= 4 is 11.8 Å². The first-order valence-electron chi connectivity index (χ1n) is 9.86. The molecule has 0 amide bonds. The molecule has 6 nitrogen and oxygen atoms in total. The number of ether oxygens (including phenoxy) is 2. The fourth-order valence-corrected chi connectivity index (χ4v) is 3.90. The van der Waals surface area contributed by atoms with E-state index in [-0.39, 0.29) is 12.2 Å². The minimum absolute atomic E-state index is 0.206. The number of rotatable bonds is 8. The Labute approximate surface area is 179 Å². The second-order valence-electron chi connectivity index (χ2n) is 7.37. The zero-order valence-electron chi connectivity index (χ0n) is 16.9. The quantitative estimate of drug-likeness (QED) is 0.592. The third kappa shape index (κ3) is 4.68. The molecule has 0 spiro atoms. The fraction of sp³-hybridized carbons (Fsp3) is 0.304. The van der Waals surface area contributed by atoms with Gasteiger partial charge in [-0.3, -0.25) is 9.36 Å². The van der Waals surface area contributed by atoms with E-state index in [0.29, 0.717) is 28.1 Å². The molecule has 1 heterocycles. The number of benzene rings is 2. The highest BCUT2D eigenvalue weighted by Gasteiger charge is 2.30. The van der Waals surface area contributed by atoms with Gasteiger partial charge in [0.2, 0.25) is 0 Å². The molecule has 1 aliphatic carbocycles. The summed E-state index contributed by atoms with van der Waals surface area (Å²) >= 11 is 1.34. The molecule has 1 atom stereocenters. The summed E-state index contributed by atoms with van der Waals surface area (Å²) in [5.41, 5.74) is 1.61. The second kappa shape index (κ2) is 8.93. The first kappa shape index (κ1) is 20.5. The number of aromatic nitrogens is 2. The number of nitrogens with zero attached hydrogens (tertiary/aromatic N) is 2. The summed E-state index contributed by atoms with van der Waals surface area (Å²) in [4.78, 5) is 18.2. The third-order valence-electron chi connectivity index (χ3n) is 5.05. The molecule has 156 valence electrons. The SMILES string of the molecule is COc1cc(-n2ccnc(Sc3ccc(C)cc3)c2=O)ccc1OCC(O)C1CC1. The normalized spacial score (nSPS) is 14.4. The largest absolute Gasteiger partial charge is 0.493 e. The van der Waals surface area contributed by atoms with Crippen molar-refractivity contribution in [2.45, 2.75) is 35.8 Å². The van der Waals surface area contributed by atoms with E-state index in [1.807, 2.05) is 31.2 Å². The minimum atomic E-state index is -0.460. The molecular weight excluding hydrogens is 400 g/mol. The summed E-state index contributed by atoms with van der Waals surface area (Å²) in [6, 6.07) is 13.3. The van der Waals surface area contributed by atoms with Crippen molar-refractivity contribution < 1.29 is 14.6 Å². The third-order valence-corrected chi connectivity index (χ3v) is 6.03. The Balaban J connectivity index is 1.57. The Kier molecular flexibility index (Phi) is 6.11. The molecule has 0 radical (unpaired) electrons. The summed E-state index contributed by atoms with van der Waals surface area (Å²) in [5.74, 6) is 1.39. The van der Waals surface area contributed by atoms with Gasteiger partial charge in [-0.2, -0.15) is 0 Å². The van der Waals surface area contributed by atoms with Gasteiger partial charge in [0.1, 0.15) is 6.61 Å². The van der Waals surface area contributed by atoms with Gasteiger partial charge < -0.3 is 14.6 Å². The lowest BCUT2D eigenvalue weighted by atomic mass is 10.2. The molecule has 1 fully saturated rings. The predicted molar refractivity (Wildman–Crippen MR) is 116 cm³/mol. The molecule has 1 aromatic heterocycles. The fourth-order valence-electron chi connectivity index (χ4n) is 3.10. The van der Waals surface area contributed by atoms with Crippen LogP contribution < -0.4 is 15.0 Å². The van der Waals surface area contributed by atoms with Gasteiger partial charge in [0.25, 0.3) is 5.56 Å². The van der Waals surface area contributed by atoms with E-state index < -0.39 is 6.10 Å². The molecule has 1 aliphatic rings. The van der Waals surface area contributed by atoms with E-state index in [9.17, 15) is 9.90 Å². The van der Waals surface area contributed by atoms with Crippen molar-refractivity contribution in [1.82, 2.24) is 9.55 Å². The Morgan fingerprint density at radius 3 is 2.67 bits per heavy atom. The molecule has 3 aromatic rings. The molecule has 30 heavy (non-hydrogen) atoms. The van der Waals surface area contributed by atoms with E-state index in [4.69, 9.17) is 9.47 Å². The Hall–Kier alpha value is -2.77. The summed E-state index contributed by atoms with van der Waals surface area (Å²) < 4.78 is 12.7. The summed E-state index contributed by atoms with van der Waals surface area (Å²) in [6.07, 6.45) is 4.89. The first-order chi connectivity index (χ1) is 14.5. The maximum absolute atomic E-state index is 13.0. The Morgan fingerprint density at radius 1 is 1.20 bits per heavy atom. The predicted octanol–water partition coefficient (Wildman–Crippen LogP) is 3.85. The molecule has 1 N–H and O–H groups in total. The molecule has 7 heteroatoms. The topological polar surface area (TPSA) is 73.6 Å². The Bertz CT molecular complexity index is 1080. The van der Waals surface area contributed by atoms with Crippen molar-refractivity contribution in [2.24, 2.45) is 5.92 Å². The second-order valence-corrected chi connectivity index (χ2v) is 8.44. The van der Waals surface area contributed by atoms with Gasteiger partial charge in [-0.15, -0.1) is 0 Å². The van der Waals surface area contributed by atoms with Gasteiger partial charge in [0.15, 0.2) is 16.5 Å². The van der Waals surface area contributed by atoms with Crippen LogP contribution in [0.4, 0.5) is 0 Å². The minimum Gasteiger partial charge on any atom is -0.493 e. The van der Waals surface area contributed by atoms with Gasteiger partial charge in [0, 0.05) is 23.4 Å².